The molecule has 0 saturated carbocycles. The molecule has 8 heteroatoms. The van der Waals surface area contributed by atoms with E-state index in [0.717, 1.165) is 5.56 Å². The monoisotopic (exact) mass is 326 g/mol. The molecule has 0 unspecified atom stereocenters. The van der Waals surface area contributed by atoms with E-state index in [0.29, 0.717) is 35.6 Å². The number of H-pyrrole nitrogens is 1. The molecule has 124 valence electrons. The first-order valence-corrected chi connectivity index (χ1v) is 7.41. The van der Waals surface area contributed by atoms with E-state index in [2.05, 4.69) is 19.9 Å². The van der Waals surface area contributed by atoms with E-state index in [1.807, 2.05) is 12.1 Å². The van der Waals surface area contributed by atoms with Gasteiger partial charge in [0.25, 0.3) is 5.91 Å². The third kappa shape index (κ3) is 3.04. The fourth-order valence-corrected chi connectivity index (χ4v) is 2.41. The number of nitrogens with zero attached hydrogens (tertiary/aromatic N) is 4. The highest BCUT2D eigenvalue weighted by atomic mass is 16.5. The van der Waals surface area contributed by atoms with Gasteiger partial charge in [0.15, 0.2) is 5.65 Å². The standard InChI is InChI=1S/C16H18N6O2/c1-22(6-7-24-2)15(23)11-5-3-4-10(8-11)12-13-14(19-9-18-13)21-16(17)20-12/h3-5,8-9H,6-7H2,1-2H3,(H3,17,18,19,20,21). The zero-order valence-electron chi connectivity index (χ0n) is 13.5. The van der Waals surface area contributed by atoms with Crippen molar-refractivity contribution >= 4 is 23.0 Å². The molecule has 3 rings (SSSR count). The van der Waals surface area contributed by atoms with Crippen LogP contribution in [0.3, 0.4) is 0 Å². The van der Waals surface area contributed by atoms with Gasteiger partial charge in [-0.2, -0.15) is 4.98 Å². The van der Waals surface area contributed by atoms with Crippen molar-refractivity contribution in [2.45, 2.75) is 0 Å². The molecule has 2 aromatic heterocycles. The molecule has 1 aromatic carbocycles. The molecular formula is C16H18N6O2. The molecule has 0 aliphatic carbocycles. The first kappa shape index (κ1) is 15.9. The van der Waals surface area contributed by atoms with Crippen molar-refractivity contribution in [2.24, 2.45) is 0 Å². The number of methoxy groups -OCH3 is 1. The second-order valence-corrected chi connectivity index (χ2v) is 5.33. The van der Waals surface area contributed by atoms with Gasteiger partial charge in [0.05, 0.1) is 12.9 Å². The third-order valence-electron chi connectivity index (χ3n) is 3.66. The number of nitrogens with two attached hydrogens (primary N) is 1. The van der Waals surface area contributed by atoms with Crippen molar-refractivity contribution in [3.05, 3.63) is 36.2 Å². The smallest absolute Gasteiger partial charge is 0.253 e. The van der Waals surface area contributed by atoms with Crippen LogP contribution in [0, 0.1) is 0 Å². The van der Waals surface area contributed by atoms with Crippen LogP contribution < -0.4 is 5.73 Å². The van der Waals surface area contributed by atoms with Crippen molar-refractivity contribution in [2.75, 3.05) is 33.0 Å². The Morgan fingerprint density at radius 2 is 2.21 bits per heavy atom. The molecule has 0 saturated heterocycles. The second kappa shape index (κ2) is 6.63. The minimum Gasteiger partial charge on any atom is -0.383 e. The number of nitrogens with one attached hydrogen (secondary N) is 1. The van der Waals surface area contributed by atoms with Gasteiger partial charge in [0.1, 0.15) is 11.2 Å². The fourth-order valence-electron chi connectivity index (χ4n) is 2.41. The van der Waals surface area contributed by atoms with Crippen LogP contribution in [0.2, 0.25) is 0 Å². The summed E-state index contributed by atoms with van der Waals surface area (Å²) in [4.78, 5) is 29.6. The lowest BCUT2D eigenvalue weighted by atomic mass is 10.1. The Kier molecular flexibility index (Phi) is 4.39. The highest BCUT2D eigenvalue weighted by Gasteiger charge is 2.15. The minimum absolute atomic E-state index is 0.0863. The number of imidazole rings is 1. The predicted octanol–water partition coefficient (Wildman–Crippen LogP) is 1.32. The van der Waals surface area contributed by atoms with Gasteiger partial charge in [-0.15, -0.1) is 0 Å². The summed E-state index contributed by atoms with van der Waals surface area (Å²) in [6, 6.07) is 7.23. The predicted molar refractivity (Wildman–Crippen MR) is 90.4 cm³/mol. The maximum Gasteiger partial charge on any atom is 0.253 e. The molecule has 24 heavy (non-hydrogen) atoms. The highest BCUT2D eigenvalue weighted by molar-refractivity contribution is 5.96. The van der Waals surface area contributed by atoms with E-state index < -0.39 is 0 Å². The Bertz CT molecular complexity index is 876. The minimum atomic E-state index is -0.0863. The lowest BCUT2D eigenvalue weighted by Gasteiger charge is -2.17. The molecule has 0 aliphatic heterocycles. The average molecular weight is 326 g/mol. The Morgan fingerprint density at radius 1 is 1.38 bits per heavy atom. The van der Waals surface area contributed by atoms with Crippen LogP contribution in [0.5, 0.6) is 0 Å². The average Bonchev–Trinajstić information content (AvgIpc) is 3.06. The van der Waals surface area contributed by atoms with Gasteiger partial charge < -0.3 is 20.4 Å². The summed E-state index contributed by atoms with van der Waals surface area (Å²) in [6.45, 7) is 1.00. The van der Waals surface area contributed by atoms with Gasteiger partial charge in [-0.1, -0.05) is 12.1 Å². The van der Waals surface area contributed by atoms with E-state index in [9.17, 15) is 4.79 Å². The number of hydrogen-bond acceptors (Lipinski definition) is 6. The molecular weight excluding hydrogens is 308 g/mol. The molecule has 0 atom stereocenters. The Balaban J connectivity index is 1.98. The Labute approximate surface area is 138 Å². The summed E-state index contributed by atoms with van der Waals surface area (Å²) >= 11 is 0. The first-order chi connectivity index (χ1) is 11.6. The molecule has 0 radical (unpaired) electrons. The van der Waals surface area contributed by atoms with Crippen LogP contribution in [0.1, 0.15) is 10.4 Å². The van der Waals surface area contributed by atoms with Crippen molar-refractivity contribution < 1.29 is 9.53 Å². The molecule has 3 aromatic rings. The number of aromatic amines is 1. The molecule has 0 fully saturated rings. The molecule has 2 heterocycles. The van der Waals surface area contributed by atoms with Crippen molar-refractivity contribution in [3.8, 4) is 11.3 Å². The lowest BCUT2D eigenvalue weighted by molar-refractivity contribution is 0.0744. The maximum absolute atomic E-state index is 12.5. The summed E-state index contributed by atoms with van der Waals surface area (Å²) in [5.74, 6) is 0.0512. The van der Waals surface area contributed by atoms with Gasteiger partial charge in [-0.05, 0) is 12.1 Å². The quantitative estimate of drug-likeness (QED) is 0.731. The normalized spacial score (nSPS) is 10.9. The van der Waals surface area contributed by atoms with Gasteiger partial charge >= 0.3 is 0 Å². The number of rotatable bonds is 5. The van der Waals surface area contributed by atoms with Crippen molar-refractivity contribution in [1.82, 2.24) is 24.8 Å². The van der Waals surface area contributed by atoms with Gasteiger partial charge in [-0.25, -0.2) is 9.97 Å². The number of benzene rings is 1. The SMILES string of the molecule is COCCN(C)C(=O)c1cccc(-c2nc(N)nc3nc[nH]c23)c1. The number of aromatic nitrogens is 4. The number of hydrogen-bond donors (Lipinski definition) is 2. The number of anilines is 1. The number of likely N-dealkylation sites (N-methyl/N-ethyl adjacent to an activating group) is 1. The summed E-state index contributed by atoms with van der Waals surface area (Å²) in [6.07, 6.45) is 1.54. The summed E-state index contributed by atoms with van der Waals surface area (Å²) in [5, 5.41) is 0. The largest absolute Gasteiger partial charge is 0.383 e. The molecule has 0 bridgehead atoms. The Hall–Kier alpha value is -3.00. The molecule has 0 spiro atoms. The number of carbonyl (C=O) groups excluding carboxylic acids is 1. The maximum atomic E-state index is 12.5. The molecule has 3 N–H and O–H groups in total. The van der Waals surface area contributed by atoms with E-state index in [-0.39, 0.29) is 11.9 Å². The van der Waals surface area contributed by atoms with E-state index >= 15 is 0 Å². The van der Waals surface area contributed by atoms with Crippen LogP contribution >= 0.6 is 0 Å². The number of amides is 1. The van der Waals surface area contributed by atoms with E-state index in [1.54, 1.807) is 31.2 Å². The van der Waals surface area contributed by atoms with Crippen LogP contribution in [-0.4, -0.2) is 58.1 Å². The topological polar surface area (TPSA) is 110 Å². The van der Waals surface area contributed by atoms with Crippen LogP contribution in [0.4, 0.5) is 5.95 Å². The van der Waals surface area contributed by atoms with Crippen molar-refractivity contribution in [3.63, 3.8) is 0 Å². The van der Waals surface area contributed by atoms with E-state index in [4.69, 9.17) is 10.5 Å². The third-order valence-corrected chi connectivity index (χ3v) is 3.66. The number of fused-ring (bicyclic) bond motifs is 1. The summed E-state index contributed by atoms with van der Waals surface area (Å²) in [5.41, 5.74) is 8.88. The lowest BCUT2D eigenvalue weighted by Crippen LogP contribution is -2.29. The molecule has 1 amide bonds. The first-order valence-electron chi connectivity index (χ1n) is 7.41. The summed E-state index contributed by atoms with van der Waals surface area (Å²) < 4.78 is 5.01. The zero-order chi connectivity index (χ0) is 17.1. The Morgan fingerprint density at radius 3 is 3.00 bits per heavy atom. The number of ether oxygens (including phenoxy) is 1. The van der Waals surface area contributed by atoms with Crippen molar-refractivity contribution in [1.29, 1.82) is 0 Å². The van der Waals surface area contributed by atoms with Crippen LogP contribution in [-0.2, 0) is 4.74 Å². The van der Waals surface area contributed by atoms with E-state index in [1.165, 1.54) is 6.33 Å². The number of nitrogen functional groups attached to an aromatic ring is 1. The number of carbonyl (C=O) groups is 1. The molecule has 8 nitrogen and oxygen atoms in total. The zero-order valence-corrected chi connectivity index (χ0v) is 13.5. The fraction of sp³-hybridized carbons (Fsp3) is 0.250. The van der Waals surface area contributed by atoms with Crippen LogP contribution in [0.15, 0.2) is 30.6 Å². The second-order valence-electron chi connectivity index (χ2n) is 5.33. The van der Waals surface area contributed by atoms with Crippen LogP contribution in [0.25, 0.3) is 22.4 Å². The summed E-state index contributed by atoms with van der Waals surface area (Å²) in [7, 11) is 3.35. The van der Waals surface area contributed by atoms with Gasteiger partial charge in [-0.3, -0.25) is 4.79 Å². The van der Waals surface area contributed by atoms with Gasteiger partial charge in [0, 0.05) is 31.8 Å². The van der Waals surface area contributed by atoms with Gasteiger partial charge in [0.2, 0.25) is 5.95 Å². The molecule has 0 aliphatic rings. The highest BCUT2D eigenvalue weighted by Crippen LogP contribution is 2.25.